The molecule has 0 aromatic rings. The summed E-state index contributed by atoms with van der Waals surface area (Å²) in [5.74, 6) is -0.741. The van der Waals surface area contributed by atoms with Crippen LogP contribution in [0.25, 0.3) is 0 Å². The molecule has 0 radical (unpaired) electrons. The number of nitriles is 4. The second-order valence-electron chi connectivity index (χ2n) is 9.69. The van der Waals surface area contributed by atoms with Crippen LogP contribution in [0.4, 0.5) is 0 Å². The monoisotopic (exact) mass is 392 g/mol. The molecule has 2 bridgehead atoms. The quantitative estimate of drug-likeness (QED) is 0.485. The molecule has 0 heterocycles. The van der Waals surface area contributed by atoms with E-state index >= 15 is 0 Å². The third-order valence-corrected chi connectivity index (χ3v) is 11.5. The molecule has 3 aliphatic rings. The number of allylic oxidation sites excluding steroid dienone is 3. The van der Waals surface area contributed by atoms with Gasteiger partial charge < -0.3 is 4.43 Å². The van der Waals surface area contributed by atoms with Gasteiger partial charge in [-0.15, -0.1) is 0 Å². The van der Waals surface area contributed by atoms with Gasteiger partial charge in [-0.1, -0.05) is 32.9 Å². The molecule has 28 heavy (non-hydrogen) atoms. The summed E-state index contributed by atoms with van der Waals surface area (Å²) in [5, 5.41) is 40.2. The van der Waals surface area contributed by atoms with E-state index < -0.39 is 31.0 Å². The molecule has 3 atom stereocenters. The number of nitrogens with zero attached hydrogens (tertiary/aromatic N) is 4. The van der Waals surface area contributed by atoms with Crippen LogP contribution in [0.1, 0.15) is 41.0 Å². The van der Waals surface area contributed by atoms with Crippen LogP contribution in [0.3, 0.4) is 0 Å². The first-order valence-electron chi connectivity index (χ1n) is 9.50. The molecule has 0 saturated heterocycles. The van der Waals surface area contributed by atoms with Gasteiger partial charge >= 0.3 is 0 Å². The highest BCUT2D eigenvalue weighted by Gasteiger charge is 2.72. The Balaban J connectivity index is 2.86. The number of rotatable bonds is 3. The molecular weight excluding hydrogens is 364 g/mol. The van der Waals surface area contributed by atoms with E-state index in [0.29, 0.717) is 12.2 Å². The molecule has 0 aliphatic heterocycles. The topological polar surface area (TPSA) is 104 Å². The summed E-state index contributed by atoms with van der Waals surface area (Å²) in [6, 6.07) is 8.37. The smallest absolute Gasteiger partial charge is 0.250 e. The Morgan fingerprint density at radius 1 is 1.07 bits per heavy atom. The predicted octanol–water partition coefficient (Wildman–Crippen LogP) is 5.19. The lowest BCUT2D eigenvalue weighted by Crippen LogP contribution is -2.61. The molecule has 0 amide bonds. The van der Waals surface area contributed by atoms with E-state index in [-0.39, 0.29) is 11.0 Å². The number of hydrogen-bond donors (Lipinski definition) is 0. The number of hydrogen-bond acceptors (Lipinski definition) is 5. The maximum Gasteiger partial charge on any atom is 0.250 e. The van der Waals surface area contributed by atoms with Crippen molar-refractivity contribution in [2.24, 2.45) is 28.6 Å². The van der Waals surface area contributed by atoms with Crippen molar-refractivity contribution < 1.29 is 4.43 Å². The van der Waals surface area contributed by atoms with Gasteiger partial charge in [0.25, 0.3) is 0 Å². The van der Waals surface area contributed by atoms with Crippen LogP contribution in [0.15, 0.2) is 23.5 Å². The van der Waals surface area contributed by atoms with Crippen LogP contribution in [0.5, 0.6) is 0 Å². The lowest BCUT2D eigenvalue weighted by Gasteiger charge is -2.57. The Labute approximate surface area is 169 Å². The normalized spacial score (nSPS) is 27.8. The first-order valence-corrected chi connectivity index (χ1v) is 12.4. The average molecular weight is 393 g/mol. The summed E-state index contributed by atoms with van der Waals surface area (Å²) >= 11 is 0. The zero-order valence-electron chi connectivity index (χ0n) is 17.8. The van der Waals surface area contributed by atoms with Gasteiger partial charge in [0.15, 0.2) is 10.8 Å². The van der Waals surface area contributed by atoms with Crippen LogP contribution < -0.4 is 0 Å². The van der Waals surface area contributed by atoms with Gasteiger partial charge in [-0.3, -0.25) is 0 Å². The van der Waals surface area contributed by atoms with Crippen LogP contribution in [-0.2, 0) is 4.43 Å². The minimum atomic E-state index is -2.26. The maximum atomic E-state index is 10.2. The fraction of sp³-hybridized carbons (Fsp3) is 0.636. The Kier molecular flexibility index (Phi) is 5.06. The molecule has 6 heteroatoms. The lowest BCUT2D eigenvalue weighted by molar-refractivity contribution is 0.00745. The fourth-order valence-corrected chi connectivity index (χ4v) is 5.59. The molecule has 0 N–H and O–H groups in total. The minimum Gasteiger partial charge on any atom is -0.546 e. The molecule has 1 fully saturated rings. The summed E-state index contributed by atoms with van der Waals surface area (Å²) < 4.78 is 6.67. The molecule has 0 spiro atoms. The number of fused-ring (bicyclic) bond motifs is 2. The Morgan fingerprint density at radius 3 is 1.89 bits per heavy atom. The lowest BCUT2D eigenvalue weighted by atomic mass is 9.41. The molecule has 1 saturated carbocycles. The summed E-state index contributed by atoms with van der Waals surface area (Å²) in [6.07, 6.45) is 0.530. The zero-order chi connectivity index (χ0) is 21.7. The highest BCUT2D eigenvalue weighted by atomic mass is 28.4. The molecule has 5 nitrogen and oxygen atoms in total. The van der Waals surface area contributed by atoms with Crippen molar-refractivity contribution in [3.8, 4) is 24.3 Å². The van der Waals surface area contributed by atoms with E-state index in [1.807, 2.05) is 13.8 Å². The molecule has 0 aromatic heterocycles. The first-order chi connectivity index (χ1) is 12.8. The summed E-state index contributed by atoms with van der Waals surface area (Å²) in [5.41, 5.74) is -1.83. The van der Waals surface area contributed by atoms with Crippen LogP contribution in [0, 0.1) is 73.9 Å². The summed E-state index contributed by atoms with van der Waals surface area (Å²) in [4.78, 5) is 0. The summed E-state index contributed by atoms with van der Waals surface area (Å²) in [7, 11) is -2.26. The van der Waals surface area contributed by atoms with E-state index in [1.54, 1.807) is 0 Å². The van der Waals surface area contributed by atoms with Gasteiger partial charge in [-0.2, -0.15) is 21.0 Å². The Bertz CT molecular complexity index is 883. The molecular formula is C22H28N4OSi. The molecule has 3 rings (SSSR count). The molecule has 3 aliphatic carbocycles. The second-order valence-corrected chi connectivity index (χ2v) is 14.4. The van der Waals surface area contributed by atoms with Gasteiger partial charge in [-0.25, -0.2) is 0 Å². The largest absolute Gasteiger partial charge is 0.546 e. The SMILES string of the molecule is C=C(C)[C@@H]1C[C@@H]2C(C)=C(O[Si](C)(C)C(C)(C)C)[C@H]1C(C#N)(C#N)C2(C#N)C#N. The van der Waals surface area contributed by atoms with Gasteiger partial charge in [0.05, 0.1) is 36.0 Å². The fourth-order valence-electron chi connectivity index (χ4n) is 4.44. The molecule has 0 unspecified atom stereocenters. The highest BCUT2D eigenvalue weighted by molar-refractivity contribution is 6.74. The van der Waals surface area contributed by atoms with E-state index in [2.05, 4.69) is 64.7 Å². The van der Waals surface area contributed by atoms with E-state index in [1.165, 1.54) is 0 Å². The van der Waals surface area contributed by atoms with E-state index in [4.69, 9.17) is 4.43 Å². The third kappa shape index (κ3) is 2.52. The van der Waals surface area contributed by atoms with Gasteiger partial charge in [0, 0.05) is 5.92 Å². The van der Waals surface area contributed by atoms with Gasteiger partial charge in [0.2, 0.25) is 8.32 Å². The standard InChI is InChI=1S/C22H28N4OSi/c1-14(2)16-9-17-15(3)19(27-28(7,8)20(4,5)6)18(16)22(12-25,13-26)21(17,10-23)11-24/h16-18H,1,9H2,2-8H3/t16-,17+,18-/m0/s1. The van der Waals surface area contributed by atoms with Crippen molar-refractivity contribution in [2.75, 3.05) is 0 Å². The van der Waals surface area contributed by atoms with Crippen molar-refractivity contribution in [3.05, 3.63) is 23.5 Å². The van der Waals surface area contributed by atoms with Crippen molar-refractivity contribution in [1.82, 2.24) is 0 Å². The predicted molar refractivity (Wildman–Crippen MR) is 108 cm³/mol. The van der Waals surface area contributed by atoms with Crippen molar-refractivity contribution in [1.29, 1.82) is 21.0 Å². The summed E-state index contributed by atoms with van der Waals surface area (Å²) in [6.45, 7) is 18.5. The maximum absolute atomic E-state index is 10.2. The molecule has 146 valence electrons. The van der Waals surface area contributed by atoms with Crippen LogP contribution >= 0.6 is 0 Å². The van der Waals surface area contributed by atoms with Crippen LogP contribution in [-0.4, -0.2) is 8.32 Å². The second kappa shape index (κ2) is 6.51. The Hall–Kier alpha value is -2.54. The minimum absolute atomic E-state index is 0.0703. The first kappa shape index (κ1) is 21.8. The van der Waals surface area contributed by atoms with Crippen molar-refractivity contribution in [3.63, 3.8) is 0 Å². The van der Waals surface area contributed by atoms with E-state index in [9.17, 15) is 21.0 Å². The third-order valence-electron chi connectivity index (χ3n) is 7.21. The zero-order valence-corrected chi connectivity index (χ0v) is 18.8. The van der Waals surface area contributed by atoms with Crippen LogP contribution in [0.2, 0.25) is 18.1 Å². The highest BCUT2D eigenvalue weighted by Crippen LogP contribution is 2.67. The van der Waals surface area contributed by atoms with Gasteiger partial charge in [0.1, 0.15) is 0 Å². The van der Waals surface area contributed by atoms with Crippen molar-refractivity contribution >= 4 is 8.32 Å². The van der Waals surface area contributed by atoms with E-state index in [0.717, 1.165) is 11.1 Å². The molecule has 0 aromatic carbocycles. The average Bonchev–Trinajstić information content (AvgIpc) is 2.61. The van der Waals surface area contributed by atoms with Crippen molar-refractivity contribution in [2.45, 2.75) is 59.2 Å². The van der Waals surface area contributed by atoms with Gasteiger partial charge in [-0.05, 0) is 49.9 Å². The Morgan fingerprint density at radius 2 is 1.54 bits per heavy atom.